The van der Waals surface area contributed by atoms with Crippen LogP contribution in [0.5, 0.6) is 0 Å². The van der Waals surface area contributed by atoms with E-state index in [9.17, 15) is 0 Å². The topological polar surface area (TPSA) is 46.8 Å². The molecule has 0 bridgehead atoms. The highest BCUT2D eigenvalue weighted by Gasteiger charge is 2.18. The number of anilines is 1. The molecule has 0 radical (unpaired) electrons. The molecule has 0 fully saturated rings. The first-order valence-electron chi connectivity index (χ1n) is 4.93. The van der Waals surface area contributed by atoms with Crippen molar-refractivity contribution in [2.75, 3.05) is 18.5 Å². The third kappa shape index (κ3) is 1.20. The van der Waals surface area contributed by atoms with Crippen LogP contribution >= 0.6 is 0 Å². The number of aromatic nitrogens is 4. The Balaban J connectivity index is 2.27. The van der Waals surface area contributed by atoms with Gasteiger partial charge in [-0.25, -0.2) is 4.68 Å². The van der Waals surface area contributed by atoms with Crippen molar-refractivity contribution in [3.05, 3.63) is 24.3 Å². The molecule has 1 aromatic heterocycles. The second kappa shape index (κ2) is 3.05. The van der Waals surface area contributed by atoms with Crippen LogP contribution in [0.1, 0.15) is 0 Å². The van der Waals surface area contributed by atoms with Gasteiger partial charge in [0.05, 0.1) is 6.54 Å². The molecule has 0 atom stereocenters. The number of hydrogen-bond acceptors (Lipinski definition) is 4. The second-order valence-electron chi connectivity index (χ2n) is 3.66. The lowest BCUT2D eigenvalue weighted by Gasteiger charge is -2.17. The first-order valence-corrected chi connectivity index (χ1v) is 4.93. The molecule has 5 heteroatoms. The minimum absolute atomic E-state index is 0.827. The van der Waals surface area contributed by atoms with Gasteiger partial charge in [-0.1, -0.05) is 12.1 Å². The molecule has 0 amide bonds. The zero-order chi connectivity index (χ0) is 10.3. The van der Waals surface area contributed by atoms with Crippen LogP contribution in [0.15, 0.2) is 24.3 Å². The Bertz CT molecular complexity index is 490. The molecule has 1 aliphatic heterocycles. The quantitative estimate of drug-likeness (QED) is 0.632. The van der Waals surface area contributed by atoms with E-state index in [-0.39, 0.29) is 0 Å². The summed E-state index contributed by atoms with van der Waals surface area (Å²) in [4.78, 5) is 2.21. The lowest BCUT2D eigenvalue weighted by atomic mass is 10.1. The number of para-hydroxylation sites is 1. The summed E-state index contributed by atoms with van der Waals surface area (Å²) in [5, 5.41) is 11.8. The molecule has 3 rings (SSSR count). The molecule has 0 saturated heterocycles. The predicted octanol–water partition coefficient (Wildman–Crippen LogP) is 0.790. The fourth-order valence-corrected chi connectivity index (χ4v) is 1.91. The number of benzene rings is 1. The van der Waals surface area contributed by atoms with Crippen LogP contribution < -0.4 is 4.90 Å². The monoisotopic (exact) mass is 201 g/mol. The third-order valence-corrected chi connectivity index (χ3v) is 2.74. The summed E-state index contributed by atoms with van der Waals surface area (Å²) < 4.78 is 1.85. The fraction of sp³-hybridized carbons (Fsp3) is 0.300. The van der Waals surface area contributed by atoms with Gasteiger partial charge in [0.25, 0.3) is 0 Å². The fourth-order valence-electron chi connectivity index (χ4n) is 1.91. The van der Waals surface area contributed by atoms with Crippen molar-refractivity contribution in [3.63, 3.8) is 0 Å². The van der Waals surface area contributed by atoms with Crippen LogP contribution in [-0.2, 0) is 6.54 Å². The van der Waals surface area contributed by atoms with E-state index in [0.717, 1.165) is 24.5 Å². The van der Waals surface area contributed by atoms with E-state index in [4.69, 9.17) is 0 Å². The lowest BCUT2D eigenvalue weighted by molar-refractivity contribution is 0.598. The second-order valence-corrected chi connectivity index (χ2v) is 3.66. The molecule has 1 aliphatic rings. The molecule has 0 aliphatic carbocycles. The van der Waals surface area contributed by atoms with Crippen molar-refractivity contribution in [2.24, 2.45) is 0 Å². The number of tetrazole rings is 1. The molecule has 0 unspecified atom stereocenters. The molecule has 15 heavy (non-hydrogen) atoms. The van der Waals surface area contributed by atoms with E-state index < -0.39 is 0 Å². The van der Waals surface area contributed by atoms with Gasteiger partial charge >= 0.3 is 0 Å². The summed E-state index contributed by atoms with van der Waals surface area (Å²) in [5.74, 6) is 0.856. The Kier molecular flexibility index (Phi) is 1.71. The normalized spacial score (nSPS) is 14.3. The van der Waals surface area contributed by atoms with Gasteiger partial charge in [-0.2, -0.15) is 0 Å². The highest BCUT2D eigenvalue weighted by atomic mass is 15.5. The van der Waals surface area contributed by atoms with E-state index >= 15 is 0 Å². The van der Waals surface area contributed by atoms with Crippen molar-refractivity contribution in [2.45, 2.75) is 6.54 Å². The molecule has 2 heterocycles. The molecular weight excluding hydrogens is 190 g/mol. The maximum absolute atomic E-state index is 4.07. The first-order chi connectivity index (χ1) is 7.36. The molecule has 2 aromatic rings. The van der Waals surface area contributed by atoms with Crippen molar-refractivity contribution >= 4 is 5.69 Å². The average molecular weight is 201 g/mol. The third-order valence-electron chi connectivity index (χ3n) is 2.74. The van der Waals surface area contributed by atoms with E-state index in [1.165, 1.54) is 5.69 Å². The number of fused-ring (bicyclic) bond motifs is 3. The van der Waals surface area contributed by atoms with Gasteiger partial charge in [0.1, 0.15) is 0 Å². The average Bonchev–Trinajstić information content (AvgIpc) is 2.69. The summed E-state index contributed by atoms with van der Waals surface area (Å²) in [6, 6.07) is 8.20. The highest BCUT2D eigenvalue weighted by Crippen LogP contribution is 2.29. The molecule has 76 valence electrons. The van der Waals surface area contributed by atoms with E-state index in [1.807, 2.05) is 16.8 Å². The van der Waals surface area contributed by atoms with Crippen molar-refractivity contribution in [1.29, 1.82) is 0 Å². The van der Waals surface area contributed by atoms with Gasteiger partial charge in [0.2, 0.25) is 0 Å². The summed E-state index contributed by atoms with van der Waals surface area (Å²) in [6.07, 6.45) is 0. The van der Waals surface area contributed by atoms with Crippen molar-refractivity contribution < 1.29 is 0 Å². The van der Waals surface area contributed by atoms with Crippen molar-refractivity contribution in [1.82, 2.24) is 20.2 Å². The number of likely N-dealkylation sites (N-methyl/N-ethyl adjacent to an activating group) is 1. The zero-order valence-corrected chi connectivity index (χ0v) is 8.46. The summed E-state index contributed by atoms with van der Waals surface area (Å²) in [6.45, 7) is 1.75. The van der Waals surface area contributed by atoms with E-state index in [0.29, 0.717) is 0 Å². The van der Waals surface area contributed by atoms with Gasteiger partial charge in [-0.3, -0.25) is 0 Å². The molecule has 0 saturated carbocycles. The maximum atomic E-state index is 4.07. The van der Waals surface area contributed by atoms with Gasteiger partial charge in [-0.05, 0) is 22.6 Å². The number of hydrogen-bond donors (Lipinski definition) is 0. The van der Waals surface area contributed by atoms with Crippen molar-refractivity contribution in [3.8, 4) is 11.4 Å². The standard InChI is InChI=1S/C10H11N5/c1-14-6-7-15-10(11-12-13-15)8-4-2-3-5-9(8)14/h2-5H,6-7H2,1H3. The van der Waals surface area contributed by atoms with Crippen LogP contribution in [-0.4, -0.2) is 33.8 Å². The van der Waals surface area contributed by atoms with Gasteiger partial charge in [0.15, 0.2) is 5.82 Å². The van der Waals surface area contributed by atoms with Gasteiger partial charge in [-0.15, -0.1) is 5.10 Å². The summed E-state index contributed by atoms with van der Waals surface area (Å²) >= 11 is 0. The first kappa shape index (κ1) is 8.40. The van der Waals surface area contributed by atoms with E-state index in [2.05, 4.69) is 39.6 Å². The number of rotatable bonds is 0. The van der Waals surface area contributed by atoms with Crippen LogP contribution in [0.2, 0.25) is 0 Å². The van der Waals surface area contributed by atoms with Crippen LogP contribution in [0.25, 0.3) is 11.4 Å². The van der Waals surface area contributed by atoms with Crippen LogP contribution in [0.4, 0.5) is 5.69 Å². The van der Waals surface area contributed by atoms with Gasteiger partial charge < -0.3 is 4.90 Å². The summed E-state index contributed by atoms with van der Waals surface area (Å²) in [5.41, 5.74) is 2.29. The Labute approximate surface area is 87.3 Å². The molecule has 5 nitrogen and oxygen atoms in total. The smallest absolute Gasteiger partial charge is 0.184 e. The Morgan fingerprint density at radius 1 is 1.20 bits per heavy atom. The molecule has 1 aromatic carbocycles. The largest absolute Gasteiger partial charge is 0.372 e. The maximum Gasteiger partial charge on any atom is 0.184 e. The lowest BCUT2D eigenvalue weighted by Crippen LogP contribution is -2.21. The molecular formula is C10H11N5. The Hall–Kier alpha value is -1.91. The Morgan fingerprint density at radius 2 is 2.07 bits per heavy atom. The molecule has 0 N–H and O–H groups in total. The van der Waals surface area contributed by atoms with Crippen LogP contribution in [0, 0.1) is 0 Å². The predicted molar refractivity (Wildman–Crippen MR) is 56.5 cm³/mol. The minimum atomic E-state index is 0.827. The minimum Gasteiger partial charge on any atom is -0.372 e. The van der Waals surface area contributed by atoms with Gasteiger partial charge in [0, 0.05) is 24.8 Å². The zero-order valence-electron chi connectivity index (χ0n) is 8.46. The highest BCUT2D eigenvalue weighted by molar-refractivity contribution is 5.74. The molecule has 0 spiro atoms. The Morgan fingerprint density at radius 3 is 3.00 bits per heavy atom. The SMILES string of the molecule is CN1CCn2nnnc2-c2ccccc21. The summed E-state index contributed by atoms with van der Waals surface area (Å²) in [7, 11) is 2.08. The number of nitrogens with zero attached hydrogens (tertiary/aromatic N) is 5. The van der Waals surface area contributed by atoms with Crippen LogP contribution in [0.3, 0.4) is 0 Å². The van der Waals surface area contributed by atoms with E-state index in [1.54, 1.807) is 0 Å².